The zero-order valence-electron chi connectivity index (χ0n) is 15.8. The van der Waals surface area contributed by atoms with Gasteiger partial charge in [0.25, 0.3) is 0 Å². The zero-order valence-corrected chi connectivity index (χ0v) is 17.3. The third kappa shape index (κ3) is 5.37. The molecule has 1 aliphatic rings. The largest absolute Gasteiger partial charge is 0.417 e. The van der Waals surface area contributed by atoms with Crippen LogP contribution in [0.4, 0.5) is 13.2 Å². The van der Waals surface area contributed by atoms with Crippen LogP contribution in [0.25, 0.3) is 0 Å². The van der Waals surface area contributed by atoms with E-state index >= 15 is 0 Å². The number of nitrogens with one attached hydrogen (secondary N) is 1. The molecule has 1 N–H and O–H groups in total. The number of benzene rings is 1. The molecule has 6 nitrogen and oxygen atoms in total. The van der Waals surface area contributed by atoms with Crippen LogP contribution in [0.15, 0.2) is 23.1 Å². The van der Waals surface area contributed by atoms with Gasteiger partial charge in [0.05, 0.1) is 15.5 Å². The molecule has 2 unspecified atom stereocenters. The van der Waals surface area contributed by atoms with Crippen LogP contribution in [0.2, 0.25) is 5.02 Å². The van der Waals surface area contributed by atoms with Crippen molar-refractivity contribution < 1.29 is 26.4 Å². The molecule has 11 heteroatoms. The molecule has 1 amide bonds. The maximum Gasteiger partial charge on any atom is 0.417 e. The lowest BCUT2D eigenvalue weighted by atomic mass is 10.1. The van der Waals surface area contributed by atoms with Gasteiger partial charge in [-0.15, -0.1) is 0 Å². The van der Waals surface area contributed by atoms with Crippen LogP contribution in [0, 0.1) is 0 Å². The van der Waals surface area contributed by atoms with Gasteiger partial charge in [-0.05, 0) is 39.1 Å². The lowest BCUT2D eigenvalue weighted by molar-refractivity contribution is -0.139. The number of sulfonamides is 1. The van der Waals surface area contributed by atoms with E-state index in [9.17, 15) is 26.4 Å². The fourth-order valence-corrected chi connectivity index (χ4v) is 4.75. The number of likely N-dealkylation sites (N-methyl/N-ethyl adjacent to an activating group) is 1. The van der Waals surface area contributed by atoms with Gasteiger partial charge in [-0.3, -0.25) is 4.79 Å². The number of amides is 1. The Balaban J connectivity index is 2.03. The fraction of sp³-hybridized carbons (Fsp3) is 0.588. The predicted molar refractivity (Wildman–Crippen MR) is 99.5 cm³/mol. The summed E-state index contributed by atoms with van der Waals surface area (Å²) in [6.45, 7) is 5.05. The monoisotopic (exact) mass is 441 g/mol. The summed E-state index contributed by atoms with van der Waals surface area (Å²) in [5.74, 6) is -0.206. The van der Waals surface area contributed by atoms with E-state index in [2.05, 4.69) is 9.62 Å². The molecule has 0 aromatic heterocycles. The Labute approximate surface area is 167 Å². The number of nitrogens with zero attached hydrogens (tertiary/aromatic N) is 2. The first-order chi connectivity index (χ1) is 12.8. The highest BCUT2D eigenvalue weighted by Crippen LogP contribution is 2.35. The Morgan fingerprint density at radius 3 is 2.36 bits per heavy atom. The number of rotatable bonds is 5. The number of piperazine rings is 1. The number of hydrogen-bond acceptors (Lipinski definition) is 4. The van der Waals surface area contributed by atoms with E-state index in [1.165, 1.54) is 0 Å². The summed E-state index contributed by atoms with van der Waals surface area (Å²) in [7, 11) is -2.25. The highest BCUT2D eigenvalue weighted by Gasteiger charge is 2.35. The second-order valence-electron chi connectivity index (χ2n) is 7.01. The highest BCUT2D eigenvalue weighted by atomic mass is 35.5. The maximum atomic E-state index is 12.9. The van der Waals surface area contributed by atoms with Gasteiger partial charge in [0, 0.05) is 38.1 Å². The van der Waals surface area contributed by atoms with Gasteiger partial charge in [0.2, 0.25) is 15.9 Å². The molecule has 0 saturated carbocycles. The molecule has 1 aromatic carbocycles. The van der Waals surface area contributed by atoms with Gasteiger partial charge in [-0.1, -0.05) is 11.6 Å². The number of carbonyl (C=O) groups excluding carboxylic acids is 1. The normalized spacial score (nSPS) is 21.8. The lowest BCUT2D eigenvalue weighted by Gasteiger charge is -2.43. The van der Waals surface area contributed by atoms with Gasteiger partial charge < -0.3 is 9.80 Å². The molecule has 2 atom stereocenters. The molecule has 0 radical (unpaired) electrons. The van der Waals surface area contributed by atoms with Crippen molar-refractivity contribution in [2.75, 3.05) is 26.7 Å². The molecule has 1 heterocycles. The first-order valence-electron chi connectivity index (χ1n) is 8.69. The quantitative estimate of drug-likeness (QED) is 0.762. The molecule has 1 aromatic rings. The van der Waals surface area contributed by atoms with Crippen LogP contribution in [0.1, 0.15) is 25.8 Å². The van der Waals surface area contributed by atoms with Crippen molar-refractivity contribution in [2.24, 2.45) is 0 Å². The Morgan fingerprint density at radius 1 is 1.25 bits per heavy atom. The summed E-state index contributed by atoms with van der Waals surface area (Å²) in [5, 5.41) is -0.584. The highest BCUT2D eigenvalue weighted by molar-refractivity contribution is 7.89. The Hall–Kier alpha value is -1.36. The van der Waals surface area contributed by atoms with Gasteiger partial charge in [-0.2, -0.15) is 13.2 Å². The van der Waals surface area contributed by atoms with E-state index in [0.717, 1.165) is 12.1 Å². The van der Waals surface area contributed by atoms with E-state index in [1.807, 2.05) is 20.9 Å². The average Bonchev–Trinajstić information content (AvgIpc) is 2.52. The van der Waals surface area contributed by atoms with Crippen molar-refractivity contribution in [3.8, 4) is 0 Å². The van der Waals surface area contributed by atoms with Gasteiger partial charge in [0.1, 0.15) is 0 Å². The smallest absolute Gasteiger partial charge is 0.335 e. The summed E-state index contributed by atoms with van der Waals surface area (Å²) in [6, 6.07) is 2.34. The second-order valence-corrected chi connectivity index (χ2v) is 9.18. The number of alkyl halides is 3. The third-order valence-electron chi connectivity index (χ3n) is 4.57. The number of halogens is 4. The average molecular weight is 442 g/mol. The standard InChI is InChI=1S/C17H23ClF3N3O3S/c1-11-9-23(3)10-12(2)24(11)16(25)6-7-22-28(26,27)13-4-5-15(18)14(8-13)17(19,20)21/h4-5,8,11-12,22H,6-7,9-10H2,1-3H3. The van der Waals surface area contributed by atoms with Crippen LogP contribution in [-0.2, 0) is 21.0 Å². The summed E-state index contributed by atoms with van der Waals surface area (Å²) >= 11 is 5.51. The van der Waals surface area contributed by atoms with Crippen molar-refractivity contribution >= 4 is 27.5 Å². The molecule has 0 bridgehead atoms. The third-order valence-corrected chi connectivity index (χ3v) is 6.36. The topological polar surface area (TPSA) is 69.7 Å². The Morgan fingerprint density at radius 2 is 1.82 bits per heavy atom. The van der Waals surface area contributed by atoms with Gasteiger partial charge in [0.15, 0.2) is 0 Å². The van der Waals surface area contributed by atoms with E-state index in [0.29, 0.717) is 19.2 Å². The minimum atomic E-state index is -4.77. The van der Waals surface area contributed by atoms with Crippen LogP contribution < -0.4 is 4.72 Å². The molecule has 158 valence electrons. The van der Waals surface area contributed by atoms with Crippen molar-refractivity contribution in [1.82, 2.24) is 14.5 Å². The van der Waals surface area contributed by atoms with E-state index < -0.39 is 31.7 Å². The summed E-state index contributed by atoms with van der Waals surface area (Å²) < 4.78 is 65.6. The molecular weight excluding hydrogens is 419 g/mol. The SMILES string of the molecule is CC1CN(C)CC(C)N1C(=O)CCNS(=O)(=O)c1ccc(Cl)c(C(F)(F)F)c1. The van der Waals surface area contributed by atoms with Crippen LogP contribution in [0.5, 0.6) is 0 Å². The Bertz CT molecular complexity index is 821. The molecule has 28 heavy (non-hydrogen) atoms. The molecule has 1 saturated heterocycles. The minimum Gasteiger partial charge on any atom is -0.335 e. The maximum absolute atomic E-state index is 12.9. The minimum absolute atomic E-state index is 0.0107. The molecule has 1 aliphatic heterocycles. The van der Waals surface area contributed by atoms with Crippen molar-refractivity contribution in [3.63, 3.8) is 0 Å². The second kappa shape index (κ2) is 8.56. The van der Waals surface area contributed by atoms with Crippen LogP contribution >= 0.6 is 11.6 Å². The number of hydrogen-bond donors (Lipinski definition) is 1. The summed E-state index contributed by atoms with van der Waals surface area (Å²) in [4.78, 5) is 15.8. The van der Waals surface area contributed by atoms with Gasteiger partial charge in [-0.25, -0.2) is 13.1 Å². The fourth-order valence-electron chi connectivity index (χ4n) is 3.47. The molecular formula is C17H23ClF3N3O3S. The van der Waals surface area contributed by atoms with Crippen molar-refractivity contribution in [2.45, 2.75) is 43.4 Å². The summed E-state index contributed by atoms with van der Waals surface area (Å²) in [5.41, 5.74) is -1.23. The van der Waals surface area contributed by atoms with E-state index in [-0.39, 0.29) is 31.0 Å². The van der Waals surface area contributed by atoms with Crippen LogP contribution in [-0.4, -0.2) is 62.9 Å². The molecule has 0 spiro atoms. The van der Waals surface area contributed by atoms with E-state index in [1.54, 1.807) is 4.90 Å². The van der Waals surface area contributed by atoms with E-state index in [4.69, 9.17) is 11.6 Å². The predicted octanol–water partition coefficient (Wildman–Crippen LogP) is 2.58. The first kappa shape index (κ1) is 22.9. The van der Waals surface area contributed by atoms with Crippen molar-refractivity contribution in [1.29, 1.82) is 0 Å². The Kier molecular flexibility index (Phi) is 7.01. The zero-order chi connectivity index (χ0) is 21.3. The molecule has 1 fully saturated rings. The molecule has 0 aliphatic carbocycles. The van der Waals surface area contributed by atoms with Gasteiger partial charge >= 0.3 is 6.18 Å². The first-order valence-corrected chi connectivity index (χ1v) is 10.5. The number of carbonyl (C=O) groups is 1. The lowest BCUT2D eigenvalue weighted by Crippen LogP contribution is -2.57. The molecule has 2 rings (SSSR count). The van der Waals surface area contributed by atoms with Crippen LogP contribution in [0.3, 0.4) is 0 Å². The van der Waals surface area contributed by atoms with Crippen molar-refractivity contribution in [3.05, 3.63) is 28.8 Å². The summed E-state index contributed by atoms with van der Waals surface area (Å²) in [6.07, 6.45) is -4.86.